The lowest BCUT2D eigenvalue weighted by atomic mass is 10.1. The van der Waals surface area contributed by atoms with Crippen LogP contribution in [0.15, 0.2) is 23.7 Å². The highest BCUT2D eigenvalue weighted by Crippen LogP contribution is 2.34. The molecule has 0 saturated carbocycles. The fraction of sp³-hybridized carbons (Fsp3) is 0.278. The summed E-state index contributed by atoms with van der Waals surface area (Å²) in [5, 5.41) is 3.43. The molecule has 7 heteroatoms. The van der Waals surface area contributed by atoms with Gasteiger partial charge in [0.15, 0.2) is 0 Å². The van der Waals surface area contributed by atoms with E-state index in [1.807, 2.05) is 26.0 Å². The van der Waals surface area contributed by atoms with Crippen LogP contribution in [0.2, 0.25) is 0 Å². The standard InChI is InChI=1S/C18H18N2O3S2/c1-4-12-10(3)25-17(15(12)18(22)23-5-2)20-16(21)11-6-7-13-14(8-11)24-9-19-13/h6-9H,4-5H2,1-3H3,(H,20,21). The van der Waals surface area contributed by atoms with Crippen LogP contribution in [0.25, 0.3) is 10.2 Å². The summed E-state index contributed by atoms with van der Waals surface area (Å²) in [5.41, 5.74) is 4.56. The van der Waals surface area contributed by atoms with Gasteiger partial charge in [-0.3, -0.25) is 4.79 Å². The molecule has 0 atom stereocenters. The molecular weight excluding hydrogens is 356 g/mol. The Labute approximate surface area is 153 Å². The zero-order valence-corrected chi connectivity index (χ0v) is 15.8. The van der Waals surface area contributed by atoms with Crippen molar-refractivity contribution in [3.05, 3.63) is 45.3 Å². The second-order valence-corrected chi connectivity index (χ2v) is 7.52. The Balaban J connectivity index is 1.93. The normalized spacial score (nSPS) is 10.8. The van der Waals surface area contributed by atoms with E-state index in [9.17, 15) is 9.59 Å². The van der Waals surface area contributed by atoms with E-state index < -0.39 is 5.97 Å². The molecule has 0 aliphatic rings. The number of thiophene rings is 1. The summed E-state index contributed by atoms with van der Waals surface area (Å²) in [7, 11) is 0. The third-order valence-corrected chi connectivity index (χ3v) is 5.72. The van der Waals surface area contributed by atoms with Gasteiger partial charge in [0.1, 0.15) is 5.00 Å². The van der Waals surface area contributed by atoms with E-state index >= 15 is 0 Å². The fourth-order valence-corrected chi connectivity index (χ4v) is 4.53. The highest BCUT2D eigenvalue weighted by molar-refractivity contribution is 7.17. The molecule has 2 aromatic heterocycles. The summed E-state index contributed by atoms with van der Waals surface area (Å²) >= 11 is 2.89. The van der Waals surface area contributed by atoms with E-state index in [0.29, 0.717) is 29.2 Å². The minimum Gasteiger partial charge on any atom is -0.462 e. The molecule has 0 aliphatic heterocycles. The van der Waals surface area contributed by atoms with Gasteiger partial charge in [0.25, 0.3) is 5.91 Å². The smallest absolute Gasteiger partial charge is 0.341 e. The number of thiazole rings is 1. The Morgan fingerprint density at radius 1 is 1.28 bits per heavy atom. The average molecular weight is 374 g/mol. The average Bonchev–Trinajstić information content (AvgIpc) is 3.17. The van der Waals surface area contributed by atoms with Gasteiger partial charge in [-0.1, -0.05) is 6.92 Å². The van der Waals surface area contributed by atoms with E-state index in [-0.39, 0.29) is 5.91 Å². The number of benzene rings is 1. The lowest BCUT2D eigenvalue weighted by molar-refractivity contribution is 0.0527. The predicted octanol–water partition coefficient (Wildman–Crippen LogP) is 4.66. The van der Waals surface area contributed by atoms with Crippen molar-refractivity contribution in [1.29, 1.82) is 0 Å². The molecule has 3 rings (SSSR count). The van der Waals surface area contributed by atoms with E-state index in [1.165, 1.54) is 22.7 Å². The summed E-state index contributed by atoms with van der Waals surface area (Å²) < 4.78 is 6.12. The summed E-state index contributed by atoms with van der Waals surface area (Å²) in [6.45, 7) is 6.00. The van der Waals surface area contributed by atoms with E-state index in [0.717, 1.165) is 20.7 Å². The van der Waals surface area contributed by atoms with Gasteiger partial charge in [0.2, 0.25) is 0 Å². The monoisotopic (exact) mass is 374 g/mol. The Kier molecular flexibility index (Phi) is 5.15. The summed E-state index contributed by atoms with van der Waals surface area (Å²) in [6.07, 6.45) is 0.708. The number of fused-ring (bicyclic) bond motifs is 1. The first kappa shape index (κ1) is 17.6. The maximum absolute atomic E-state index is 12.6. The maximum atomic E-state index is 12.6. The van der Waals surface area contributed by atoms with Gasteiger partial charge in [-0.15, -0.1) is 22.7 Å². The van der Waals surface area contributed by atoms with Crippen LogP contribution in [0, 0.1) is 6.92 Å². The van der Waals surface area contributed by atoms with Crippen LogP contribution in [-0.4, -0.2) is 23.5 Å². The topological polar surface area (TPSA) is 68.3 Å². The van der Waals surface area contributed by atoms with Crippen LogP contribution >= 0.6 is 22.7 Å². The number of esters is 1. The molecule has 1 aromatic carbocycles. The third-order valence-electron chi connectivity index (χ3n) is 3.86. The van der Waals surface area contributed by atoms with Crippen molar-refractivity contribution >= 4 is 49.8 Å². The number of carbonyl (C=O) groups is 2. The van der Waals surface area contributed by atoms with Gasteiger partial charge >= 0.3 is 5.97 Å². The molecule has 130 valence electrons. The van der Waals surface area contributed by atoms with Crippen LogP contribution in [0.4, 0.5) is 5.00 Å². The lowest BCUT2D eigenvalue weighted by Gasteiger charge is -2.08. The largest absolute Gasteiger partial charge is 0.462 e. The number of aromatic nitrogens is 1. The number of carbonyl (C=O) groups excluding carboxylic acids is 2. The van der Waals surface area contributed by atoms with E-state index in [4.69, 9.17) is 4.74 Å². The molecule has 0 fully saturated rings. The van der Waals surface area contributed by atoms with Crippen molar-refractivity contribution < 1.29 is 14.3 Å². The molecule has 2 heterocycles. The Hall–Kier alpha value is -2.25. The quantitative estimate of drug-likeness (QED) is 0.660. The van der Waals surface area contributed by atoms with Crippen molar-refractivity contribution in [3.63, 3.8) is 0 Å². The number of nitrogens with one attached hydrogen (secondary N) is 1. The maximum Gasteiger partial charge on any atom is 0.341 e. The Morgan fingerprint density at radius 2 is 2.08 bits per heavy atom. The van der Waals surface area contributed by atoms with Crippen LogP contribution in [-0.2, 0) is 11.2 Å². The number of amides is 1. The molecule has 0 aliphatic carbocycles. The lowest BCUT2D eigenvalue weighted by Crippen LogP contribution is -2.15. The molecule has 3 aromatic rings. The molecule has 0 saturated heterocycles. The van der Waals surface area contributed by atoms with Crippen LogP contribution in [0.5, 0.6) is 0 Å². The molecule has 25 heavy (non-hydrogen) atoms. The van der Waals surface area contributed by atoms with Crippen molar-refractivity contribution in [2.75, 3.05) is 11.9 Å². The predicted molar refractivity (Wildman–Crippen MR) is 102 cm³/mol. The third kappa shape index (κ3) is 3.43. The first-order valence-electron chi connectivity index (χ1n) is 7.99. The molecule has 5 nitrogen and oxygen atoms in total. The first-order chi connectivity index (χ1) is 12.0. The Bertz CT molecular complexity index is 943. The molecule has 1 amide bonds. The van der Waals surface area contributed by atoms with Gasteiger partial charge in [0, 0.05) is 10.4 Å². The van der Waals surface area contributed by atoms with Crippen molar-refractivity contribution in [2.24, 2.45) is 0 Å². The zero-order chi connectivity index (χ0) is 18.0. The highest BCUT2D eigenvalue weighted by Gasteiger charge is 2.23. The zero-order valence-electron chi connectivity index (χ0n) is 14.2. The van der Waals surface area contributed by atoms with Gasteiger partial charge in [-0.05, 0) is 44.0 Å². The second-order valence-electron chi connectivity index (χ2n) is 5.40. The van der Waals surface area contributed by atoms with E-state index in [1.54, 1.807) is 18.5 Å². The summed E-state index contributed by atoms with van der Waals surface area (Å²) in [4.78, 5) is 30.2. The second kappa shape index (κ2) is 7.33. The molecule has 1 N–H and O–H groups in total. The van der Waals surface area contributed by atoms with Gasteiger partial charge in [0.05, 0.1) is 27.9 Å². The van der Waals surface area contributed by atoms with Gasteiger partial charge < -0.3 is 10.1 Å². The van der Waals surface area contributed by atoms with Gasteiger partial charge in [-0.25, -0.2) is 9.78 Å². The van der Waals surface area contributed by atoms with Crippen molar-refractivity contribution in [3.8, 4) is 0 Å². The number of hydrogen-bond acceptors (Lipinski definition) is 6. The SMILES string of the molecule is CCOC(=O)c1c(NC(=O)c2ccc3ncsc3c2)sc(C)c1CC. The van der Waals surface area contributed by atoms with Gasteiger partial charge in [-0.2, -0.15) is 0 Å². The number of aryl methyl sites for hydroxylation is 1. The number of hydrogen-bond donors (Lipinski definition) is 1. The van der Waals surface area contributed by atoms with E-state index in [2.05, 4.69) is 10.3 Å². The van der Waals surface area contributed by atoms with Crippen LogP contribution in [0.1, 0.15) is 45.0 Å². The fourth-order valence-electron chi connectivity index (χ4n) is 2.68. The summed E-state index contributed by atoms with van der Waals surface area (Å²) in [5.74, 6) is -0.637. The number of ether oxygens (including phenoxy) is 1. The van der Waals surface area contributed by atoms with Crippen LogP contribution < -0.4 is 5.32 Å². The molecule has 0 unspecified atom stereocenters. The highest BCUT2D eigenvalue weighted by atomic mass is 32.1. The van der Waals surface area contributed by atoms with Crippen molar-refractivity contribution in [1.82, 2.24) is 4.98 Å². The first-order valence-corrected chi connectivity index (χ1v) is 9.68. The van der Waals surface area contributed by atoms with Crippen LogP contribution in [0.3, 0.4) is 0 Å². The summed E-state index contributed by atoms with van der Waals surface area (Å²) in [6, 6.07) is 5.38. The molecule has 0 radical (unpaired) electrons. The Morgan fingerprint density at radius 3 is 2.80 bits per heavy atom. The molecule has 0 bridgehead atoms. The van der Waals surface area contributed by atoms with Crippen molar-refractivity contribution in [2.45, 2.75) is 27.2 Å². The molecule has 0 spiro atoms. The number of nitrogens with zero attached hydrogens (tertiary/aromatic N) is 1. The minimum atomic E-state index is -0.392. The number of anilines is 1. The minimum absolute atomic E-state index is 0.246. The molecular formula is C18H18N2O3S2. The number of rotatable bonds is 5.